The van der Waals surface area contributed by atoms with Crippen LogP contribution in [-0.2, 0) is 0 Å². The van der Waals surface area contributed by atoms with Crippen LogP contribution < -0.4 is 10.6 Å². The van der Waals surface area contributed by atoms with Crippen LogP contribution in [0, 0.1) is 25.2 Å². The number of carbonyl (C=O) groups excluding carboxylic acids is 2. The molecule has 0 radical (unpaired) electrons. The molecule has 0 bridgehead atoms. The average molecular weight is 410 g/mol. The molecule has 1 aromatic heterocycles. The molecule has 0 fully saturated rings. The van der Waals surface area contributed by atoms with E-state index in [1.54, 1.807) is 48.5 Å². The van der Waals surface area contributed by atoms with Gasteiger partial charge in [0, 0.05) is 16.1 Å². The van der Waals surface area contributed by atoms with Crippen LogP contribution in [0.3, 0.4) is 0 Å². The van der Waals surface area contributed by atoms with Crippen molar-refractivity contribution in [3.63, 3.8) is 0 Å². The summed E-state index contributed by atoms with van der Waals surface area (Å²) in [5, 5.41) is 15.7. The summed E-state index contributed by atoms with van der Waals surface area (Å²) in [6.45, 7) is 3.76. The second kappa shape index (κ2) is 8.26. The maximum atomic E-state index is 12.6. The Hall–Kier alpha value is -3.14. The Kier molecular flexibility index (Phi) is 5.78. The standard InChI is InChI=1S/C21H16ClN3O2S/c1-12-13(2)28-21(17(12)11-23)25-19(26)14-6-5-7-15(10-14)24-20(27)16-8-3-4-9-18(16)22/h3-10H,1-2H3,(H,24,27)(H,25,26). The Balaban J connectivity index is 1.79. The Bertz CT molecular complexity index is 1120. The monoisotopic (exact) mass is 409 g/mol. The molecular formula is C21H16ClN3O2S. The number of benzene rings is 2. The van der Waals surface area contributed by atoms with Gasteiger partial charge in [-0.1, -0.05) is 29.8 Å². The summed E-state index contributed by atoms with van der Waals surface area (Å²) in [6, 6.07) is 15.4. The number of nitriles is 1. The Morgan fingerprint density at radius 3 is 2.50 bits per heavy atom. The molecule has 0 aliphatic rings. The van der Waals surface area contributed by atoms with Gasteiger partial charge in [-0.3, -0.25) is 9.59 Å². The lowest BCUT2D eigenvalue weighted by molar-refractivity contribution is 0.101. The first-order chi connectivity index (χ1) is 13.4. The van der Waals surface area contributed by atoms with Gasteiger partial charge in [-0.25, -0.2) is 0 Å². The van der Waals surface area contributed by atoms with Gasteiger partial charge in [-0.05, 0) is 49.7 Å². The van der Waals surface area contributed by atoms with Gasteiger partial charge in [0.15, 0.2) is 0 Å². The van der Waals surface area contributed by atoms with Crippen LogP contribution in [0.5, 0.6) is 0 Å². The van der Waals surface area contributed by atoms with Crippen molar-refractivity contribution in [3.05, 3.63) is 80.7 Å². The second-order valence-electron chi connectivity index (χ2n) is 6.07. The molecular weight excluding hydrogens is 394 g/mol. The van der Waals surface area contributed by atoms with Crippen molar-refractivity contribution in [2.45, 2.75) is 13.8 Å². The van der Waals surface area contributed by atoms with Gasteiger partial charge in [-0.15, -0.1) is 11.3 Å². The van der Waals surface area contributed by atoms with Gasteiger partial charge in [0.25, 0.3) is 11.8 Å². The van der Waals surface area contributed by atoms with Crippen molar-refractivity contribution in [1.82, 2.24) is 0 Å². The number of halogens is 1. The highest BCUT2D eigenvalue weighted by molar-refractivity contribution is 7.16. The van der Waals surface area contributed by atoms with E-state index in [2.05, 4.69) is 16.7 Å². The average Bonchev–Trinajstić information content (AvgIpc) is 2.95. The van der Waals surface area contributed by atoms with Crippen LogP contribution in [0.1, 0.15) is 36.7 Å². The number of carbonyl (C=O) groups is 2. The van der Waals surface area contributed by atoms with E-state index in [1.807, 2.05) is 13.8 Å². The van der Waals surface area contributed by atoms with E-state index in [4.69, 9.17) is 11.6 Å². The maximum absolute atomic E-state index is 12.6. The number of nitrogens with zero attached hydrogens (tertiary/aromatic N) is 1. The van der Waals surface area contributed by atoms with Gasteiger partial charge < -0.3 is 10.6 Å². The third kappa shape index (κ3) is 4.06. The zero-order valence-corrected chi connectivity index (χ0v) is 16.7. The molecule has 0 unspecified atom stereocenters. The summed E-state index contributed by atoms with van der Waals surface area (Å²) in [4.78, 5) is 26.0. The van der Waals surface area contributed by atoms with Crippen molar-refractivity contribution in [2.24, 2.45) is 0 Å². The molecule has 0 atom stereocenters. The van der Waals surface area contributed by atoms with Gasteiger partial charge >= 0.3 is 0 Å². The Labute approximate surface area is 171 Å². The highest BCUT2D eigenvalue weighted by Gasteiger charge is 2.16. The van der Waals surface area contributed by atoms with E-state index in [1.165, 1.54) is 11.3 Å². The Morgan fingerprint density at radius 1 is 1.04 bits per heavy atom. The zero-order chi connectivity index (χ0) is 20.3. The molecule has 0 saturated carbocycles. The quantitative estimate of drug-likeness (QED) is 0.605. The first kappa shape index (κ1) is 19.6. The molecule has 0 saturated heterocycles. The lowest BCUT2D eigenvalue weighted by atomic mass is 10.1. The number of amides is 2. The van der Waals surface area contributed by atoms with Crippen molar-refractivity contribution >= 4 is 45.4 Å². The SMILES string of the molecule is Cc1sc(NC(=O)c2cccc(NC(=O)c3ccccc3Cl)c2)c(C#N)c1C. The van der Waals surface area contributed by atoms with Crippen LogP contribution in [0.15, 0.2) is 48.5 Å². The van der Waals surface area contributed by atoms with Crippen LogP contribution in [-0.4, -0.2) is 11.8 Å². The van der Waals surface area contributed by atoms with E-state index in [9.17, 15) is 14.9 Å². The first-order valence-electron chi connectivity index (χ1n) is 8.38. The summed E-state index contributed by atoms with van der Waals surface area (Å²) < 4.78 is 0. The van der Waals surface area contributed by atoms with Crippen LogP contribution >= 0.6 is 22.9 Å². The summed E-state index contributed by atoms with van der Waals surface area (Å²) >= 11 is 7.41. The van der Waals surface area contributed by atoms with Crippen molar-refractivity contribution in [2.75, 3.05) is 10.6 Å². The fourth-order valence-electron chi connectivity index (χ4n) is 2.61. The van der Waals surface area contributed by atoms with E-state index in [0.29, 0.717) is 32.4 Å². The summed E-state index contributed by atoms with van der Waals surface area (Å²) in [7, 11) is 0. The normalized spacial score (nSPS) is 10.2. The molecule has 3 aromatic rings. The fraction of sp³-hybridized carbons (Fsp3) is 0.0952. The molecule has 3 rings (SSSR count). The molecule has 2 N–H and O–H groups in total. The van der Waals surface area contributed by atoms with E-state index in [0.717, 1.165) is 10.4 Å². The smallest absolute Gasteiger partial charge is 0.257 e. The summed E-state index contributed by atoms with van der Waals surface area (Å²) in [5.74, 6) is -0.717. The van der Waals surface area contributed by atoms with Crippen molar-refractivity contribution < 1.29 is 9.59 Å². The molecule has 7 heteroatoms. The van der Waals surface area contributed by atoms with E-state index >= 15 is 0 Å². The number of hydrogen-bond acceptors (Lipinski definition) is 4. The second-order valence-corrected chi connectivity index (χ2v) is 7.70. The molecule has 1 heterocycles. The molecule has 140 valence electrons. The van der Waals surface area contributed by atoms with Gasteiger partial charge in [0.05, 0.1) is 16.1 Å². The topological polar surface area (TPSA) is 82.0 Å². The molecule has 0 aliphatic carbocycles. The predicted molar refractivity (Wildman–Crippen MR) is 112 cm³/mol. The largest absolute Gasteiger partial charge is 0.322 e. The number of anilines is 2. The minimum absolute atomic E-state index is 0.348. The molecule has 5 nitrogen and oxygen atoms in total. The van der Waals surface area contributed by atoms with E-state index in [-0.39, 0.29) is 11.8 Å². The molecule has 2 amide bonds. The maximum Gasteiger partial charge on any atom is 0.257 e. The molecule has 2 aromatic carbocycles. The summed E-state index contributed by atoms with van der Waals surface area (Å²) in [5.41, 5.74) is 2.52. The van der Waals surface area contributed by atoms with Crippen LogP contribution in [0.2, 0.25) is 5.02 Å². The Morgan fingerprint density at radius 2 is 1.79 bits per heavy atom. The van der Waals surface area contributed by atoms with Crippen molar-refractivity contribution in [1.29, 1.82) is 5.26 Å². The first-order valence-corrected chi connectivity index (χ1v) is 9.57. The van der Waals surface area contributed by atoms with Crippen molar-refractivity contribution in [3.8, 4) is 6.07 Å². The molecule has 0 aliphatic heterocycles. The van der Waals surface area contributed by atoms with Crippen LogP contribution in [0.25, 0.3) is 0 Å². The number of nitrogens with one attached hydrogen (secondary N) is 2. The van der Waals surface area contributed by atoms with Gasteiger partial charge in [0.2, 0.25) is 0 Å². The third-order valence-electron chi connectivity index (χ3n) is 4.23. The van der Waals surface area contributed by atoms with E-state index < -0.39 is 0 Å². The summed E-state index contributed by atoms with van der Waals surface area (Å²) in [6.07, 6.45) is 0. The van der Waals surface area contributed by atoms with Gasteiger partial charge in [0.1, 0.15) is 11.1 Å². The minimum atomic E-state index is -0.362. The number of aryl methyl sites for hydroxylation is 1. The molecule has 28 heavy (non-hydrogen) atoms. The highest BCUT2D eigenvalue weighted by Crippen LogP contribution is 2.32. The highest BCUT2D eigenvalue weighted by atomic mass is 35.5. The number of thiophene rings is 1. The zero-order valence-electron chi connectivity index (χ0n) is 15.2. The van der Waals surface area contributed by atoms with Gasteiger partial charge in [-0.2, -0.15) is 5.26 Å². The lowest BCUT2D eigenvalue weighted by Gasteiger charge is -2.09. The number of rotatable bonds is 4. The fourth-order valence-corrected chi connectivity index (χ4v) is 3.83. The lowest BCUT2D eigenvalue weighted by Crippen LogP contribution is -2.15. The third-order valence-corrected chi connectivity index (χ3v) is 5.68. The minimum Gasteiger partial charge on any atom is -0.322 e. The van der Waals surface area contributed by atoms with Crippen LogP contribution in [0.4, 0.5) is 10.7 Å². The number of hydrogen-bond donors (Lipinski definition) is 2. The molecule has 0 spiro atoms. The predicted octanol–water partition coefficient (Wildman–Crippen LogP) is 5.39.